The van der Waals surface area contributed by atoms with Gasteiger partial charge in [0.15, 0.2) is 0 Å². The molecule has 0 saturated carbocycles. The third kappa shape index (κ3) is 2.98. The summed E-state index contributed by atoms with van der Waals surface area (Å²) in [6.45, 7) is 0. The second-order valence-electron chi connectivity index (χ2n) is 5.34. The molecule has 3 rings (SSSR count). The molecular weight excluding hydrogens is 330 g/mol. The molecule has 0 radical (unpaired) electrons. The third-order valence-electron chi connectivity index (χ3n) is 3.64. The Labute approximate surface area is 139 Å². The number of aliphatic carboxylic acids is 1. The number of para-hydroxylation sites is 2. The number of aromatic nitrogens is 1. The van der Waals surface area contributed by atoms with E-state index in [1.165, 1.54) is 18.2 Å². The Morgan fingerprint density at radius 3 is 2.62 bits per heavy atom. The number of rotatable bonds is 5. The molecule has 6 nitrogen and oxygen atoms in total. The lowest BCUT2D eigenvalue weighted by Gasteiger charge is -2.12. The lowest BCUT2D eigenvalue weighted by atomic mass is 10.1. The minimum atomic E-state index is -4.10. The van der Waals surface area contributed by atoms with Crippen molar-refractivity contribution in [2.24, 2.45) is 7.05 Å². The summed E-state index contributed by atoms with van der Waals surface area (Å²) in [5.41, 5.74) is 0.834. The molecular formula is C17H15NO5S. The van der Waals surface area contributed by atoms with Crippen molar-refractivity contribution in [2.45, 2.75) is 11.3 Å². The van der Waals surface area contributed by atoms with E-state index in [1.54, 1.807) is 36.0 Å². The predicted molar refractivity (Wildman–Crippen MR) is 88.5 cm³/mol. The first-order valence-corrected chi connectivity index (χ1v) is 8.57. The molecule has 7 heteroatoms. The average molecular weight is 345 g/mol. The minimum absolute atomic E-state index is 0.0195. The van der Waals surface area contributed by atoms with Gasteiger partial charge in [-0.15, -0.1) is 0 Å². The first kappa shape index (κ1) is 16.1. The lowest BCUT2D eigenvalue weighted by molar-refractivity contribution is -0.136. The van der Waals surface area contributed by atoms with Gasteiger partial charge in [-0.1, -0.05) is 30.3 Å². The Balaban J connectivity index is 2.06. The van der Waals surface area contributed by atoms with Crippen molar-refractivity contribution >= 4 is 27.0 Å². The molecule has 0 spiro atoms. The summed E-state index contributed by atoms with van der Waals surface area (Å²) < 4.78 is 32.4. The first-order valence-electron chi connectivity index (χ1n) is 7.17. The maximum Gasteiger partial charge on any atom is 0.341 e. The zero-order valence-electron chi connectivity index (χ0n) is 12.8. The van der Waals surface area contributed by atoms with Crippen LogP contribution < -0.4 is 4.18 Å². The molecule has 0 fully saturated rings. The molecule has 0 aliphatic heterocycles. The van der Waals surface area contributed by atoms with Crippen LogP contribution >= 0.6 is 0 Å². The van der Waals surface area contributed by atoms with Gasteiger partial charge < -0.3 is 13.9 Å². The highest BCUT2D eigenvalue weighted by Gasteiger charge is 2.23. The van der Waals surface area contributed by atoms with E-state index < -0.39 is 16.1 Å². The van der Waals surface area contributed by atoms with Crippen LogP contribution in [0.3, 0.4) is 0 Å². The molecule has 0 unspecified atom stereocenters. The monoisotopic (exact) mass is 345 g/mol. The number of fused-ring (bicyclic) bond motifs is 1. The second-order valence-corrected chi connectivity index (χ2v) is 6.85. The van der Waals surface area contributed by atoms with Gasteiger partial charge >= 0.3 is 16.1 Å². The second kappa shape index (κ2) is 6.01. The van der Waals surface area contributed by atoms with Crippen molar-refractivity contribution in [3.63, 3.8) is 0 Å². The van der Waals surface area contributed by atoms with E-state index in [4.69, 9.17) is 9.29 Å². The zero-order chi connectivity index (χ0) is 17.3. The third-order valence-corrected chi connectivity index (χ3v) is 4.91. The van der Waals surface area contributed by atoms with Crippen molar-refractivity contribution in [3.8, 4) is 5.75 Å². The predicted octanol–water partition coefficient (Wildman–Crippen LogP) is 2.57. The minimum Gasteiger partial charge on any atom is -0.481 e. The fraction of sp³-hybridized carbons (Fsp3) is 0.118. The Bertz CT molecular complexity index is 1020. The Morgan fingerprint density at radius 1 is 1.12 bits per heavy atom. The summed E-state index contributed by atoms with van der Waals surface area (Å²) in [5.74, 6) is -1.04. The quantitative estimate of drug-likeness (QED) is 0.718. The number of carboxylic acid groups (broad SMARTS) is 1. The smallest absolute Gasteiger partial charge is 0.341 e. The topological polar surface area (TPSA) is 85.6 Å². The molecule has 0 saturated heterocycles. The highest BCUT2D eigenvalue weighted by molar-refractivity contribution is 7.87. The number of benzene rings is 2. The van der Waals surface area contributed by atoms with Gasteiger partial charge in [0, 0.05) is 24.2 Å². The molecule has 1 heterocycles. The highest BCUT2D eigenvalue weighted by Crippen LogP contribution is 2.28. The van der Waals surface area contributed by atoms with Crippen LogP contribution in [-0.4, -0.2) is 24.1 Å². The Morgan fingerprint density at radius 2 is 1.88 bits per heavy atom. The fourth-order valence-corrected chi connectivity index (χ4v) is 3.81. The van der Waals surface area contributed by atoms with Crippen molar-refractivity contribution in [2.75, 3.05) is 0 Å². The molecule has 124 valence electrons. The van der Waals surface area contributed by atoms with E-state index in [2.05, 4.69) is 0 Å². The van der Waals surface area contributed by atoms with Crippen LogP contribution in [0.5, 0.6) is 5.75 Å². The van der Waals surface area contributed by atoms with E-state index >= 15 is 0 Å². The number of hydrogen-bond acceptors (Lipinski definition) is 4. The molecule has 0 amide bonds. The Hall–Kier alpha value is -2.80. The van der Waals surface area contributed by atoms with Crippen molar-refractivity contribution in [1.29, 1.82) is 0 Å². The lowest BCUT2D eigenvalue weighted by Crippen LogP contribution is -2.13. The van der Waals surface area contributed by atoms with Crippen molar-refractivity contribution in [3.05, 3.63) is 60.3 Å². The van der Waals surface area contributed by atoms with Crippen LogP contribution in [0.4, 0.5) is 0 Å². The summed E-state index contributed by atoms with van der Waals surface area (Å²) in [5, 5.41) is 9.73. The molecule has 0 bridgehead atoms. The maximum absolute atomic E-state index is 12.7. The van der Waals surface area contributed by atoms with E-state index in [1.807, 2.05) is 12.1 Å². The molecule has 2 aromatic carbocycles. The van der Waals surface area contributed by atoms with Crippen molar-refractivity contribution in [1.82, 2.24) is 4.57 Å². The summed E-state index contributed by atoms with van der Waals surface area (Å²) in [4.78, 5) is 11.0. The standard InChI is InChI=1S/C17H15NO5S/c1-18-10-9-12-6-4-8-15(17(12)18)24(21,22)23-14-7-3-2-5-13(14)11-16(19)20/h2-10H,11H2,1H3,(H,19,20). The van der Waals surface area contributed by atoms with Gasteiger partial charge in [0.25, 0.3) is 0 Å². The van der Waals surface area contributed by atoms with Gasteiger partial charge in [0.05, 0.1) is 11.9 Å². The Kier molecular flexibility index (Phi) is 4.02. The summed E-state index contributed by atoms with van der Waals surface area (Å²) >= 11 is 0. The van der Waals surface area contributed by atoms with E-state index in [0.29, 0.717) is 11.1 Å². The SMILES string of the molecule is Cn1ccc2cccc(S(=O)(=O)Oc3ccccc3CC(=O)O)c21. The van der Waals surface area contributed by atoms with Crippen LogP contribution in [0.2, 0.25) is 0 Å². The molecule has 1 aromatic heterocycles. The van der Waals surface area contributed by atoms with Gasteiger partial charge in [-0.05, 0) is 18.2 Å². The summed E-state index contributed by atoms with van der Waals surface area (Å²) in [7, 11) is -2.35. The van der Waals surface area contributed by atoms with Crippen molar-refractivity contribution < 1.29 is 22.5 Å². The van der Waals surface area contributed by atoms with Gasteiger partial charge in [-0.3, -0.25) is 4.79 Å². The highest BCUT2D eigenvalue weighted by atomic mass is 32.2. The van der Waals surface area contributed by atoms with E-state index in [-0.39, 0.29) is 17.1 Å². The van der Waals surface area contributed by atoms with Gasteiger partial charge in [0.2, 0.25) is 0 Å². The largest absolute Gasteiger partial charge is 0.481 e. The van der Waals surface area contributed by atoms with Gasteiger partial charge in [-0.2, -0.15) is 8.42 Å². The van der Waals surface area contributed by atoms with E-state index in [9.17, 15) is 13.2 Å². The molecule has 0 atom stereocenters. The maximum atomic E-state index is 12.7. The fourth-order valence-electron chi connectivity index (χ4n) is 2.58. The number of hydrogen-bond donors (Lipinski definition) is 1. The number of nitrogens with zero attached hydrogens (tertiary/aromatic N) is 1. The summed E-state index contributed by atoms with van der Waals surface area (Å²) in [6, 6.07) is 12.9. The summed E-state index contributed by atoms with van der Waals surface area (Å²) in [6.07, 6.45) is 1.45. The van der Waals surface area contributed by atoms with Crippen LogP contribution in [-0.2, 0) is 28.4 Å². The van der Waals surface area contributed by atoms with Gasteiger partial charge in [0.1, 0.15) is 10.6 Å². The average Bonchev–Trinajstić information content (AvgIpc) is 2.90. The van der Waals surface area contributed by atoms with Crippen LogP contribution in [0.1, 0.15) is 5.56 Å². The number of carboxylic acids is 1. The van der Waals surface area contributed by atoms with Crippen LogP contribution in [0.15, 0.2) is 59.6 Å². The normalized spacial score (nSPS) is 11.5. The zero-order valence-corrected chi connectivity index (χ0v) is 13.7. The molecule has 3 aromatic rings. The number of aryl methyl sites for hydroxylation is 1. The first-order chi connectivity index (χ1) is 11.4. The molecule has 0 aliphatic carbocycles. The number of carbonyl (C=O) groups is 1. The molecule has 1 N–H and O–H groups in total. The molecule has 0 aliphatic rings. The van der Waals surface area contributed by atoms with Gasteiger partial charge in [-0.25, -0.2) is 0 Å². The van der Waals surface area contributed by atoms with Crippen LogP contribution in [0.25, 0.3) is 10.9 Å². The van der Waals surface area contributed by atoms with Crippen LogP contribution in [0, 0.1) is 0 Å². The molecule has 24 heavy (non-hydrogen) atoms. The van der Waals surface area contributed by atoms with E-state index in [0.717, 1.165) is 5.39 Å².